The number of thioether (sulfide) groups is 2. The summed E-state index contributed by atoms with van der Waals surface area (Å²) in [7, 11) is 0. The number of nitrogens with two attached hydrogens (primary N) is 1. The van der Waals surface area contributed by atoms with E-state index in [2.05, 4.69) is 72.8 Å². The first-order valence-corrected chi connectivity index (χ1v) is 11.5. The van der Waals surface area contributed by atoms with E-state index in [1.54, 1.807) is 0 Å². The molecule has 0 saturated heterocycles. The molecule has 4 heteroatoms. The summed E-state index contributed by atoms with van der Waals surface area (Å²) >= 11 is 3.85. The number of nitriles is 1. The lowest BCUT2D eigenvalue weighted by Gasteiger charge is -2.54. The Bertz CT molecular complexity index is 904. The molecule has 4 rings (SSSR count). The van der Waals surface area contributed by atoms with Crippen molar-refractivity contribution in [2.24, 2.45) is 16.6 Å². The van der Waals surface area contributed by atoms with Crippen molar-refractivity contribution in [1.29, 1.82) is 5.26 Å². The molecule has 1 fully saturated rings. The molecule has 2 aliphatic carbocycles. The fourth-order valence-corrected chi connectivity index (χ4v) is 6.91. The largest absolute Gasteiger partial charge is 0.398 e. The molecule has 2 aromatic rings. The maximum absolute atomic E-state index is 9.71. The first kappa shape index (κ1) is 19.2. The smallest absolute Gasteiger partial charge is 0.0978 e. The summed E-state index contributed by atoms with van der Waals surface area (Å²) in [5.41, 5.74) is 8.82. The molecule has 2 nitrogen and oxygen atoms in total. The standard InChI is InChI=1S/C24H24N2S2/c1-18-12-24(21(13-25)22(18)26)14-23(15-24,16-27-19-8-4-2-5-9-19)17-28-20-10-6-3-7-11-20/h2-12H,14-17,26H2,1H3. The van der Waals surface area contributed by atoms with E-state index in [9.17, 15) is 5.26 Å². The molecule has 0 heterocycles. The highest BCUT2D eigenvalue weighted by Gasteiger charge is 2.57. The minimum atomic E-state index is -0.141. The van der Waals surface area contributed by atoms with Gasteiger partial charge in [0.05, 0.1) is 11.6 Å². The summed E-state index contributed by atoms with van der Waals surface area (Å²) < 4.78 is 0. The summed E-state index contributed by atoms with van der Waals surface area (Å²) in [6.07, 6.45) is 4.25. The van der Waals surface area contributed by atoms with Gasteiger partial charge >= 0.3 is 0 Å². The van der Waals surface area contributed by atoms with Gasteiger partial charge in [-0.25, -0.2) is 0 Å². The van der Waals surface area contributed by atoms with E-state index in [0.717, 1.165) is 35.5 Å². The maximum Gasteiger partial charge on any atom is 0.0978 e. The van der Waals surface area contributed by atoms with Gasteiger partial charge in [-0.05, 0) is 55.0 Å². The van der Waals surface area contributed by atoms with E-state index in [-0.39, 0.29) is 10.8 Å². The monoisotopic (exact) mass is 404 g/mol. The van der Waals surface area contributed by atoms with Crippen LogP contribution in [0, 0.1) is 22.2 Å². The minimum absolute atomic E-state index is 0.141. The summed E-state index contributed by atoms with van der Waals surface area (Å²) in [6.45, 7) is 2.03. The Morgan fingerprint density at radius 2 is 1.43 bits per heavy atom. The Morgan fingerprint density at radius 3 is 1.89 bits per heavy atom. The molecule has 0 aromatic heterocycles. The molecule has 0 unspecified atom stereocenters. The summed E-state index contributed by atoms with van der Waals surface area (Å²) in [5.74, 6) is 2.12. The zero-order chi connectivity index (χ0) is 19.6. The van der Waals surface area contributed by atoms with Gasteiger partial charge in [0, 0.05) is 32.4 Å². The van der Waals surface area contributed by atoms with Crippen LogP contribution in [0.1, 0.15) is 19.8 Å². The van der Waals surface area contributed by atoms with Crippen molar-refractivity contribution in [3.63, 3.8) is 0 Å². The molecule has 1 spiro atoms. The number of rotatable bonds is 6. The van der Waals surface area contributed by atoms with E-state index in [1.807, 2.05) is 30.4 Å². The van der Waals surface area contributed by atoms with Crippen molar-refractivity contribution in [3.8, 4) is 6.07 Å². The van der Waals surface area contributed by atoms with E-state index >= 15 is 0 Å². The van der Waals surface area contributed by atoms with Gasteiger partial charge in [-0.15, -0.1) is 23.5 Å². The van der Waals surface area contributed by atoms with Gasteiger partial charge in [-0.2, -0.15) is 5.26 Å². The SMILES string of the molecule is CC1=CC2(CC(CSc3ccccc3)(CSc3ccccc3)C2)C(C#N)=C1N. The highest BCUT2D eigenvalue weighted by atomic mass is 32.2. The van der Waals surface area contributed by atoms with Gasteiger partial charge < -0.3 is 5.73 Å². The van der Waals surface area contributed by atoms with Crippen LogP contribution in [0.3, 0.4) is 0 Å². The third-order valence-corrected chi connectivity index (χ3v) is 8.48. The molecule has 0 bridgehead atoms. The highest BCUT2D eigenvalue weighted by molar-refractivity contribution is 8.00. The van der Waals surface area contributed by atoms with Crippen molar-refractivity contribution in [2.45, 2.75) is 29.6 Å². The van der Waals surface area contributed by atoms with E-state index in [0.29, 0.717) is 5.70 Å². The average Bonchev–Trinajstić information content (AvgIpc) is 2.95. The Hall–Kier alpha value is -2.09. The third kappa shape index (κ3) is 3.62. The fourth-order valence-electron chi connectivity index (χ4n) is 4.52. The van der Waals surface area contributed by atoms with E-state index in [4.69, 9.17) is 5.73 Å². The lowest BCUT2D eigenvalue weighted by atomic mass is 9.52. The van der Waals surface area contributed by atoms with Crippen LogP contribution in [-0.4, -0.2) is 11.5 Å². The predicted octanol–water partition coefficient (Wildman–Crippen LogP) is 6.03. The summed E-state index contributed by atoms with van der Waals surface area (Å²) in [5, 5.41) is 9.71. The second kappa shape index (κ2) is 7.73. The summed E-state index contributed by atoms with van der Waals surface area (Å²) in [6, 6.07) is 23.6. The van der Waals surface area contributed by atoms with Crippen molar-refractivity contribution in [1.82, 2.24) is 0 Å². The number of nitrogens with zero attached hydrogens (tertiary/aromatic N) is 1. The lowest BCUT2D eigenvalue weighted by Crippen LogP contribution is -2.49. The lowest BCUT2D eigenvalue weighted by molar-refractivity contribution is 0.0751. The molecule has 0 aliphatic heterocycles. The predicted molar refractivity (Wildman–Crippen MR) is 119 cm³/mol. The van der Waals surface area contributed by atoms with Gasteiger partial charge in [-0.1, -0.05) is 42.5 Å². The third-order valence-electron chi connectivity index (χ3n) is 5.75. The van der Waals surface area contributed by atoms with Gasteiger partial charge in [0.2, 0.25) is 0 Å². The minimum Gasteiger partial charge on any atom is -0.398 e. The second-order valence-electron chi connectivity index (χ2n) is 7.94. The van der Waals surface area contributed by atoms with Crippen LogP contribution in [0.5, 0.6) is 0 Å². The second-order valence-corrected chi connectivity index (χ2v) is 10.0. The van der Waals surface area contributed by atoms with Crippen LogP contribution in [0.2, 0.25) is 0 Å². The highest BCUT2D eigenvalue weighted by Crippen LogP contribution is 2.64. The first-order valence-electron chi connectivity index (χ1n) is 9.52. The topological polar surface area (TPSA) is 49.8 Å². The summed E-state index contributed by atoms with van der Waals surface area (Å²) in [4.78, 5) is 2.61. The Kier molecular flexibility index (Phi) is 5.31. The van der Waals surface area contributed by atoms with Crippen LogP contribution in [0.4, 0.5) is 0 Å². The van der Waals surface area contributed by atoms with Gasteiger partial charge in [0.25, 0.3) is 0 Å². The van der Waals surface area contributed by atoms with Crippen LogP contribution < -0.4 is 5.73 Å². The van der Waals surface area contributed by atoms with Gasteiger partial charge in [0.1, 0.15) is 0 Å². The van der Waals surface area contributed by atoms with Gasteiger partial charge in [0.15, 0.2) is 0 Å². The van der Waals surface area contributed by atoms with Crippen molar-refractivity contribution < 1.29 is 0 Å². The quantitative estimate of drug-likeness (QED) is 0.597. The molecule has 2 N–H and O–H groups in total. The molecule has 0 amide bonds. The number of hydrogen-bond acceptors (Lipinski definition) is 4. The first-order chi connectivity index (χ1) is 13.6. The zero-order valence-corrected chi connectivity index (χ0v) is 17.7. The van der Waals surface area contributed by atoms with Crippen LogP contribution >= 0.6 is 23.5 Å². The number of hydrogen-bond donors (Lipinski definition) is 1. The molecule has 2 aromatic carbocycles. The molecule has 142 valence electrons. The van der Waals surface area contributed by atoms with Crippen LogP contribution in [0.15, 0.2) is 93.4 Å². The molecular weight excluding hydrogens is 380 g/mol. The molecule has 0 atom stereocenters. The molecule has 28 heavy (non-hydrogen) atoms. The molecular formula is C24H24N2S2. The van der Waals surface area contributed by atoms with Gasteiger partial charge in [-0.3, -0.25) is 0 Å². The van der Waals surface area contributed by atoms with Crippen molar-refractivity contribution in [3.05, 3.63) is 83.6 Å². The molecule has 1 saturated carbocycles. The zero-order valence-electron chi connectivity index (χ0n) is 16.0. The van der Waals surface area contributed by atoms with E-state index < -0.39 is 0 Å². The molecule has 2 aliphatic rings. The van der Waals surface area contributed by atoms with Crippen LogP contribution in [-0.2, 0) is 0 Å². The number of allylic oxidation sites excluding steroid dienone is 3. The molecule has 0 radical (unpaired) electrons. The van der Waals surface area contributed by atoms with Crippen molar-refractivity contribution >= 4 is 23.5 Å². The Morgan fingerprint density at radius 1 is 0.929 bits per heavy atom. The number of benzene rings is 2. The normalized spacial score (nSPS) is 19.2. The van der Waals surface area contributed by atoms with Crippen LogP contribution in [0.25, 0.3) is 0 Å². The Balaban J connectivity index is 1.53. The van der Waals surface area contributed by atoms with E-state index in [1.165, 1.54) is 9.79 Å². The fraction of sp³-hybridized carbons (Fsp3) is 0.292. The average molecular weight is 405 g/mol. The van der Waals surface area contributed by atoms with Crippen molar-refractivity contribution in [2.75, 3.05) is 11.5 Å². The maximum atomic E-state index is 9.71. The Labute approximate surface area is 175 Å².